The van der Waals surface area contributed by atoms with E-state index in [4.69, 9.17) is 0 Å². The van der Waals surface area contributed by atoms with Crippen LogP contribution < -0.4 is 0 Å². The first-order chi connectivity index (χ1) is 3.30. The highest BCUT2D eigenvalue weighted by Gasteiger charge is 2.10. The molecule has 0 amide bonds. The van der Waals surface area contributed by atoms with Gasteiger partial charge in [0.05, 0.1) is 6.61 Å². The fraction of sp³-hybridized carbons (Fsp3) is 0.750. The Kier molecular flexibility index (Phi) is 2.62. The van der Waals surface area contributed by atoms with E-state index in [1.165, 1.54) is 0 Å². The minimum absolute atomic E-state index is 0. The third kappa shape index (κ3) is 1.26. The van der Waals surface area contributed by atoms with E-state index in [-0.39, 0.29) is 12.4 Å². The van der Waals surface area contributed by atoms with Crippen LogP contribution in [0.25, 0.3) is 0 Å². The van der Waals surface area contributed by atoms with E-state index >= 15 is 0 Å². The molecule has 4 heteroatoms. The minimum atomic E-state index is 0. The van der Waals surface area contributed by atoms with Crippen LogP contribution in [0.2, 0.25) is 0 Å². The largest absolute Gasteiger partial charge is 0.403 e. The van der Waals surface area contributed by atoms with Crippen molar-refractivity contribution in [2.24, 2.45) is 0 Å². The molecule has 48 valence electrons. The first-order valence-electron chi connectivity index (χ1n) is 2.23. The number of hydrogen-bond donors (Lipinski definition) is 0. The highest BCUT2D eigenvalue weighted by molar-refractivity contribution is 5.85. The van der Waals surface area contributed by atoms with E-state index in [0.717, 1.165) is 12.1 Å². The summed E-state index contributed by atoms with van der Waals surface area (Å²) in [5.74, 6) is 0. The molecule has 0 bridgehead atoms. The van der Waals surface area contributed by atoms with Crippen molar-refractivity contribution in [3.63, 3.8) is 0 Å². The first kappa shape index (κ1) is 7.56. The summed E-state index contributed by atoms with van der Waals surface area (Å²) in [4.78, 5) is 5.08. The third-order valence-corrected chi connectivity index (χ3v) is 0.984. The summed E-state index contributed by atoms with van der Waals surface area (Å²) in [5.41, 5.74) is 0.764. The van der Waals surface area contributed by atoms with E-state index < -0.39 is 0 Å². The van der Waals surface area contributed by atoms with Crippen LogP contribution in [-0.2, 0) is 4.84 Å². The van der Waals surface area contributed by atoms with Crippen LogP contribution in [0.5, 0.6) is 0 Å². The van der Waals surface area contributed by atoms with Gasteiger partial charge in [-0.1, -0.05) is 0 Å². The number of nitrogens with zero attached hydrogens (tertiary/aromatic N) is 1. The van der Waals surface area contributed by atoms with Crippen molar-refractivity contribution in [2.45, 2.75) is 13.3 Å². The second-order valence-electron chi connectivity index (χ2n) is 1.58. The smallest absolute Gasteiger partial charge is 0.220 e. The normalized spacial score (nSPS) is 17.6. The molecule has 1 heterocycles. The van der Waals surface area contributed by atoms with Crippen LogP contribution in [0.3, 0.4) is 0 Å². The molecule has 0 spiro atoms. The molecular formula is C4H8ClNO2. The molecule has 0 radical (unpaired) electrons. The summed E-state index contributed by atoms with van der Waals surface area (Å²) >= 11 is 0. The lowest BCUT2D eigenvalue weighted by atomic mass is 10.3. The van der Waals surface area contributed by atoms with Gasteiger partial charge in [0.15, 0.2) is 0 Å². The van der Waals surface area contributed by atoms with Crippen LogP contribution >= 0.6 is 12.4 Å². The highest BCUT2D eigenvalue weighted by Crippen LogP contribution is 1.96. The quantitative estimate of drug-likeness (QED) is 0.461. The molecule has 0 aromatic rings. The highest BCUT2D eigenvalue weighted by atomic mass is 35.5. The summed E-state index contributed by atoms with van der Waals surface area (Å²) in [6, 6.07) is 0. The van der Waals surface area contributed by atoms with Crippen molar-refractivity contribution in [1.29, 1.82) is 0 Å². The van der Waals surface area contributed by atoms with E-state index in [1.807, 2.05) is 0 Å². The van der Waals surface area contributed by atoms with Crippen molar-refractivity contribution >= 4 is 18.1 Å². The van der Waals surface area contributed by atoms with Crippen LogP contribution in [0.15, 0.2) is 0 Å². The second-order valence-corrected chi connectivity index (χ2v) is 1.58. The lowest BCUT2D eigenvalue weighted by Gasteiger charge is -1.90. The summed E-state index contributed by atoms with van der Waals surface area (Å²) in [6.07, 6.45) is 0.781. The Bertz CT molecular complexity index is 101. The van der Waals surface area contributed by atoms with Crippen LogP contribution in [-0.4, -0.2) is 17.2 Å². The van der Waals surface area contributed by atoms with Gasteiger partial charge < -0.3 is 4.84 Å². The maximum absolute atomic E-state index is 10.2. The molecule has 1 aliphatic rings. The zero-order valence-electron chi connectivity index (χ0n) is 4.59. The lowest BCUT2D eigenvalue weighted by Crippen LogP contribution is -2.00. The van der Waals surface area contributed by atoms with E-state index in [1.54, 1.807) is 6.92 Å². The monoisotopic (exact) mass is 137 g/mol. The molecule has 0 saturated heterocycles. The Balaban J connectivity index is 0.000000490. The third-order valence-electron chi connectivity index (χ3n) is 0.984. The molecule has 0 N–H and O–H groups in total. The Morgan fingerprint density at radius 2 is 2.38 bits per heavy atom. The van der Waals surface area contributed by atoms with Gasteiger partial charge in [0, 0.05) is 18.2 Å². The molecule has 0 aliphatic carbocycles. The molecule has 0 saturated carbocycles. The first-order valence-corrected chi connectivity index (χ1v) is 2.23. The summed E-state index contributed by atoms with van der Waals surface area (Å²) in [6.45, 7) is 2.31. The van der Waals surface area contributed by atoms with Gasteiger partial charge in [-0.25, -0.2) is 0 Å². The molecule has 0 fully saturated rings. The topological polar surface area (TPSA) is 35.3 Å². The number of halogens is 1. The minimum Gasteiger partial charge on any atom is -0.403 e. The SMILES string of the molecule is CC1=[N+]([O-])OCC1.Cl. The maximum Gasteiger partial charge on any atom is 0.220 e. The second kappa shape index (κ2) is 2.77. The van der Waals surface area contributed by atoms with Crippen molar-refractivity contribution < 1.29 is 9.74 Å². The number of rotatable bonds is 0. The summed E-state index contributed by atoms with van der Waals surface area (Å²) < 4.78 is 0. The fourth-order valence-corrected chi connectivity index (χ4v) is 0.478. The molecule has 1 aliphatic heterocycles. The molecular weight excluding hydrogens is 130 g/mol. The van der Waals surface area contributed by atoms with E-state index in [0.29, 0.717) is 11.5 Å². The Morgan fingerprint density at radius 3 is 2.50 bits per heavy atom. The molecule has 3 nitrogen and oxygen atoms in total. The predicted molar refractivity (Wildman–Crippen MR) is 32.1 cm³/mol. The molecule has 8 heavy (non-hydrogen) atoms. The summed E-state index contributed by atoms with van der Waals surface area (Å²) in [7, 11) is 0. The van der Waals surface area contributed by atoms with Crippen molar-refractivity contribution in [3.05, 3.63) is 5.21 Å². The molecule has 0 aromatic carbocycles. The van der Waals surface area contributed by atoms with Crippen LogP contribution in [0.1, 0.15) is 13.3 Å². The van der Waals surface area contributed by atoms with E-state index in [9.17, 15) is 5.21 Å². The van der Waals surface area contributed by atoms with Gasteiger partial charge in [-0.3, -0.25) is 5.21 Å². The van der Waals surface area contributed by atoms with Crippen LogP contribution in [0, 0.1) is 5.21 Å². The van der Waals surface area contributed by atoms with Crippen molar-refractivity contribution in [3.8, 4) is 0 Å². The van der Waals surface area contributed by atoms with Gasteiger partial charge in [-0.05, 0) is 0 Å². The maximum atomic E-state index is 10.2. The average Bonchev–Trinajstić information content (AvgIpc) is 1.91. The van der Waals surface area contributed by atoms with Gasteiger partial charge in [-0.2, -0.15) is 0 Å². The van der Waals surface area contributed by atoms with Crippen LogP contribution in [0.4, 0.5) is 0 Å². The van der Waals surface area contributed by atoms with Crippen molar-refractivity contribution in [2.75, 3.05) is 6.61 Å². The van der Waals surface area contributed by atoms with Gasteiger partial charge in [0.25, 0.3) is 0 Å². The Morgan fingerprint density at radius 1 is 1.75 bits per heavy atom. The molecule has 0 atom stereocenters. The van der Waals surface area contributed by atoms with Crippen molar-refractivity contribution in [1.82, 2.24) is 0 Å². The van der Waals surface area contributed by atoms with Gasteiger partial charge in [-0.15, -0.1) is 12.4 Å². The van der Waals surface area contributed by atoms with Gasteiger partial charge in [0.1, 0.15) is 0 Å². The van der Waals surface area contributed by atoms with Gasteiger partial charge in [0.2, 0.25) is 5.71 Å². The molecule has 0 unspecified atom stereocenters. The summed E-state index contributed by atoms with van der Waals surface area (Å²) in [5, 5.41) is 10.2. The van der Waals surface area contributed by atoms with Gasteiger partial charge >= 0.3 is 0 Å². The lowest BCUT2D eigenvalue weighted by molar-refractivity contribution is -0.730. The average molecular weight is 138 g/mol. The Labute approximate surface area is 53.9 Å². The Hall–Kier alpha value is -0.440. The zero-order chi connectivity index (χ0) is 5.28. The van der Waals surface area contributed by atoms with E-state index in [2.05, 4.69) is 4.84 Å². The molecule has 1 rings (SSSR count). The standard InChI is InChI=1S/C4H7NO2.ClH/c1-4-2-3-7-5(4)6;/h2-3H2,1H3;1H. The zero-order valence-corrected chi connectivity index (χ0v) is 5.40. The molecule has 0 aromatic heterocycles. The fourth-order valence-electron chi connectivity index (χ4n) is 0.478. The predicted octanol–water partition coefficient (Wildman–Crippen LogP) is 0.715. The number of hydrogen-bond acceptors (Lipinski definition) is 2.